The van der Waals surface area contributed by atoms with Crippen LogP contribution in [0.4, 0.5) is 0 Å². The van der Waals surface area contributed by atoms with Gasteiger partial charge in [0.15, 0.2) is 11.5 Å². The fraction of sp³-hybridized carbons (Fsp3) is 0.375. The second-order valence-corrected chi connectivity index (χ2v) is 5.87. The molecule has 3 atom stereocenters. The summed E-state index contributed by atoms with van der Waals surface area (Å²) in [5.74, 6) is -1.11. The van der Waals surface area contributed by atoms with Crippen molar-refractivity contribution in [2.75, 3.05) is 6.54 Å². The molecule has 3 rings (SSSR count). The lowest BCUT2D eigenvalue weighted by Gasteiger charge is -2.20. The van der Waals surface area contributed by atoms with Gasteiger partial charge in [-0.3, -0.25) is 15.3 Å². The number of aromatic amines is 1. The molecule has 2 aromatic rings. The average molecular weight is 348 g/mol. The molecule has 1 saturated heterocycles. The highest BCUT2D eigenvalue weighted by Crippen LogP contribution is 2.36. The van der Waals surface area contributed by atoms with E-state index >= 15 is 0 Å². The molecule has 1 amide bonds. The van der Waals surface area contributed by atoms with Gasteiger partial charge < -0.3 is 19.9 Å². The largest absolute Gasteiger partial charge is 0.504 e. The van der Waals surface area contributed by atoms with Crippen molar-refractivity contribution in [3.63, 3.8) is 0 Å². The summed E-state index contributed by atoms with van der Waals surface area (Å²) in [6.07, 6.45) is 2.29. The van der Waals surface area contributed by atoms with Crippen LogP contribution in [0, 0.1) is 0 Å². The number of benzene rings is 1. The van der Waals surface area contributed by atoms with Crippen LogP contribution in [-0.2, 0) is 16.0 Å². The van der Waals surface area contributed by atoms with Crippen molar-refractivity contribution in [3.8, 4) is 11.5 Å². The van der Waals surface area contributed by atoms with Crippen LogP contribution in [-0.4, -0.2) is 55.0 Å². The summed E-state index contributed by atoms with van der Waals surface area (Å²) < 4.78 is 5.66. The van der Waals surface area contributed by atoms with Gasteiger partial charge in [0.2, 0.25) is 0 Å². The summed E-state index contributed by atoms with van der Waals surface area (Å²) >= 11 is 0. The maximum absolute atomic E-state index is 12.4. The molecule has 9 nitrogen and oxygen atoms in total. The normalized spacial score (nSPS) is 22.9. The van der Waals surface area contributed by atoms with Crippen LogP contribution in [0.1, 0.15) is 24.4 Å². The molecule has 1 aromatic carbocycles. The van der Waals surface area contributed by atoms with E-state index < -0.39 is 24.3 Å². The Morgan fingerprint density at radius 1 is 1.40 bits per heavy atom. The number of phenols is 2. The molecule has 9 heteroatoms. The number of aromatic nitrogens is 2. The molecular formula is C16H20N4O5. The Bertz CT molecular complexity index is 736. The van der Waals surface area contributed by atoms with Gasteiger partial charge in [-0.25, -0.2) is 10.0 Å². The molecule has 0 bridgehead atoms. The topological polar surface area (TPSA) is 131 Å². The Kier molecular flexibility index (Phi) is 4.88. The number of aromatic hydroxyl groups is 2. The van der Waals surface area contributed by atoms with Gasteiger partial charge >= 0.3 is 0 Å². The van der Waals surface area contributed by atoms with Gasteiger partial charge in [0.05, 0.1) is 19.0 Å². The number of phenolic OH excluding ortho intramolecular Hbond substituents is 2. The lowest BCUT2D eigenvalue weighted by Crippen LogP contribution is -2.47. The molecule has 0 aliphatic carbocycles. The number of amides is 1. The lowest BCUT2D eigenvalue weighted by molar-refractivity contribution is -0.168. The third kappa shape index (κ3) is 3.58. The fourth-order valence-corrected chi connectivity index (χ4v) is 2.74. The highest BCUT2D eigenvalue weighted by Gasteiger charge is 2.40. The minimum atomic E-state index is -0.779. The van der Waals surface area contributed by atoms with Crippen LogP contribution in [0.15, 0.2) is 30.7 Å². The number of nitrogens with zero attached hydrogens (tertiary/aromatic N) is 2. The van der Waals surface area contributed by atoms with Crippen molar-refractivity contribution < 1.29 is 25.0 Å². The minimum Gasteiger partial charge on any atom is -0.504 e. The average Bonchev–Trinajstić information content (AvgIpc) is 3.24. The number of carbonyl (C=O) groups excluding carboxylic acids is 1. The third-order valence-corrected chi connectivity index (χ3v) is 4.15. The van der Waals surface area contributed by atoms with Crippen molar-refractivity contribution in [1.29, 1.82) is 0 Å². The summed E-state index contributed by atoms with van der Waals surface area (Å²) in [5.41, 5.74) is 1.13. The first-order valence-corrected chi connectivity index (χ1v) is 7.87. The van der Waals surface area contributed by atoms with Crippen molar-refractivity contribution in [2.45, 2.75) is 31.7 Å². The molecule has 1 fully saturated rings. The summed E-state index contributed by atoms with van der Waals surface area (Å²) in [6, 6.07) is 3.72. The van der Waals surface area contributed by atoms with Gasteiger partial charge in [-0.2, -0.15) is 0 Å². The number of hydrogen-bond acceptors (Lipinski definition) is 7. The van der Waals surface area contributed by atoms with Crippen LogP contribution in [0.25, 0.3) is 0 Å². The van der Waals surface area contributed by atoms with Gasteiger partial charge in [0.25, 0.3) is 5.91 Å². The van der Waals surface area contributed by atoms with Crippen LogP contribution in [0.3, 0.4) is 0 Å². The Hall–Kier alpha value is -2.62. The summed E-state index contributed by atoms with van der Waals surface area (Å²) in [5, 5.41) is 33.1. The Morgan fingerprint density at radius 3 is 2.92 bits per heavy atom. The predicted molar refractivity (Wildman–Crippen MR) is 85.8 cm³/mol. The van der Waals surface area contributed by atoms with Crippen molar-refractivity contribution in [1.82, 2.24) is 20.3 Å². The first-order chi connectivity index (χ1) is 12.0. The van der Waals surface area contributed by atoms with Gasteiger partial charge in [-0.1, -0.05) is 12.1 Å². The SMILES string of the molecule is C[C@H]1OC(c2cccc(O)c2O)N[C@@H]1C(=O)N(O)CCc1cnc[nH]1. The number of rotatable bonds is 5. The molecule has 134 valence electrons. The van der Waals surface area contributed by atoms with E-state index in [1.54, 1.807) is 25.3 Å². The van der Waals surface area contributed by atoms with Crippen molar-refractivity contribution >= 4 is 5.91 Å². The highest BCUT2D eigenvalue weighted by molar-refractivity contribution is 5.81. The second-order valence-electron chi connectivity index (χ2n) is 5.87. The molecule has 25 heavy (non-hydrogen) atoms. The number of imidazole rings is 1. The number of hydrogen-bond donors (Lipinski definition) is 5. The van der Waals surface area contributed by atoms with Gasteiger partial charge in [-0.05, 0) is 13.0 Å². The smallest absolute Gasteiger partial charge is 0.265 e. The number of nitrogens with one attached hydrogen (secondary N) is 2. The maximum atomic E-state index is 12.4. The van der Waals surface area contributed by atoms with E-state index in [-0.39, 0.29) is 18.0 Å². The highest BCUT2D eigenvalue weighted by atomic mass is 16.5. The van der Waals surface area contributed by atoms with Gasteiger partial charge in [0.1, 0.15) is 12.3 Å². The van der Waals surface area contributed by atoms with E-state index in [2.05, 4.69) is 15.3 Å². The molecule has 1 aromatic heterocycles. The molecule has 1 unspecified atom stereocenters. The van der Waals surface area contributed by atoms with E-state index in [4.69, 9.17) is 4.74 Å². The van der Waals surface area contributed by atoms with E-state index in [0.717, 1.165) is 5.69 Å². The monoisotopic (exact) mass is 348 g/mol. The Morgan fingerprint density at radius 2 is 2.20 bits per heavy atom. The van der Waals surface area contributed by atoms with Crippen molar-refractivity contribution in [3.05, 3.63) is 42.0 Å². The van der Waals surface area contributed by atoms with E-state index in [1.807, 2.05) is 0 Å². The molecule has 0 saturated carbocycles. The number of H-pyrrole nitrogens is 1. The molecule has 0 radical (unpaired) electrons. The molecule has 0 spiro atoms. The molecular weight excluding hydrogens is 328 g/mol. The third-order valence-electron chi connectivity index (χ3n) is 4.15. The number of carbonyl (C=O) groups is 1. The first kappa shape index (κ1) is 17.2. The molecule has 1 aliphatic heterocycles. The zero-order valence-electron chi connectivity index (χ0n) is 13.6. The van der Waals surface area contributed by atoms with E-state index in [9.17, 15) is 20.2 Å². The summed E-state index contributed by atoms with van der Waals surface area (Å²) in [7, 11) is 0. The van der Waals surface area contributed by atoms with Crippen LogP contribution in [0.5, 0.6) is 11.5 Å². The minimum absolute atomic E-state index is 0.105. The van der Waals surface area contributed by atoms with E-state index in [0.29, 0.717) is 17.0 Å². The zero-order valence-corrected chi connectivity index (χ0v) is 13.6. The summed E-state index contributed by atoms with van der Waals surface area (Å²) in [6.45, 7) is 1.80. The Labute approximate surface area is 143 Å². The van der Waals surface area contributed by atoms with Crippen LogP contribution >= 0.6 is 0 Å². The molecule has 2 heterocycles. The standard InChI is InChI=1S/C16H20N4O5/c1-9-13(16(23)20(24)6-5-10-7-17-8-18-10)19-15(25-9)11-3-2-4-12(21)14(11)22/h2-4,7-9,13,15,19,21-22,24H,5-6H2,1H3,(H,17,18)/t9-,13+,15?/m1/s1. The Balaban J connectivity index is 1.64. The van der Waals surface area contributed by atoms with Crippen LogP contribution in [0.2, 0.25) is 0 Å². The zero-order chi connectivity index (χ0) is 18.0. The van der Waals surface area contributed by atoms with Gasteiger partial charge in [-0.15, -0.1) is 0 Å². The molecule has 5 N–H and O–H groups in total. The first-order valence-electron chi connectivity index (χ1n) is 7.87. The maximum Gasteiger partial charge on any atom is 0.265 e. The fourth-order valence-electron chi connectivity index (χ4n) is 2.74. The van der Waals surface area contributed by atoms with Gasteiger partial charge in [0, 0.05) is 23.9 Å². The van der Waals surface area contributed by atoms with Crippen molar-refractivity contribution in [2.24, 2.45) is 0 Å². The van der Waals surface area contributed by atoms with E-state index in [1.165, 1.54) is 12.4 Å². The number of hydroxylamine groups is 2. The lowest BCUT2D eigenvalue weighted by atomic mass is 10.1. The number of ether oxygens (including phenoxy) is 1. The predicted octanol–water partition coefficient (Wildman–Crippen LogP) is 0.657. The quantitative estimate of drug-likeness (QED) is 0.305. The van der Waals surface area contributed by atoms with Crippen LogP contribution < -0.4 is 5.32 Å². The molecule has 1 aliphatic rings. The number of para-hydroxylation sites is 1. The second kappa shape index (κ2) is 7.09. The summed E-state index contributed by atoms with van der Waals surface area (Å²) in [4.78, 5) is 19.2.